The summed E-state index contributed by atoms with van der Waals surface area (Å²) in [5, 5.41) is 5.31. The number of aliphatic imine (C=N–C) groups is 1. The molecule has 0 bridgehead atoms. The molecule has 1 fully saturated rings. The average molecular weight is 227 g/mol. The number of rotatable bonds is 2. The quantitative estimate of drug-likeness (QED) is 0.583. The van der Waals surface area contributed by atoms with E-state index in [0.29, 0.717) is 0 Å². The van der Waals surface area contributed by atoms with Crippen LogP contribution in [0, 0.1) is 0 Å². The van der Waals surface area contributed by atoms with Crippen LogP contribution in [0.1, 0.15) is 24.8 Å². The van der Waals surface area contributed by atoms with Crippen molar-refractivity contribution in [3.05, 3.63) is 30.0 Å². The van der Waals surface area contributed by atoms with Gasteiger partial charge in [0.15, 0.2) is 0 Å². The van der Waals surface area contributed by atoms with Crippen molar-refractivity contribution in [2.24, 2.45) is 12.0 Å². The van der Waals surface area contributed by atoms with Crippen molar-refractivity contribution in [3.8, 4) is 0 Å². The van der Waals surface area contributed by atoms with E-state index in [-0.39, 0.29) is 5.54 Å². The summed E-state index contributed by atoms with van der Waals surface area (Å²) < 4.78 is 1.84. The zero-order valence-corrected chi connectivity index (χ0v) is 9.68. The highest BCUT2D eigenvalue weighted by molar-refractivity contribution is 5.79. The van der Waals surface area contributed by atoms with Crippen LogP contribution in [0.3, 0.4) is 0 Å². The van der Waals surface area contributed by atoms with E-state index in [1.54, 1.807) is 6.08 Å². The number of carbonyl (C=O) groups excluding carboxylic acids is 1. The van der Waals surface area contributed by atoms with Crippen molar-refractivity contribution in [2.45, 2.75) is 24.8 Å². The van der Waals surface area contributed by atoms with E-state index in [1.165, 1.54) is 0 Å². The first-order chi connectivity index (χ1) is 8.25. The smallest absolute Gasteiger partial charge is 0.235 e. The molecule has 0 radical (unpaired) electrons. The van der Waals surface area contributed by atoms with Crippen molar-refractivity contribution in [1.29, 1.82) is 0 Å². The van der Waals surface area contributed by atoms with E-state index in [1.807, 2.05) is 30.1 Å². The predicted molar refractivity (Wildman–Crippen MR) is 64.4 cm³/mol. The topological polar surface area (TPSA) is 47.2 Å². The van der Waals surface area contributed by atoms with Gasteiger partial charge in [0.25, 0.3) is 0 Å². The average Bonchev–Trinajstić information content (AvgIpc) is 2.65. The highest BCUT2D eigenvalue weighted by Gasteiger charge is 2.38. The first-order valence-electron chi connectivity index (χ1n) is 5.76. The van der Waals surface area contributed by atoms with E-state index < -0.39 is 0 Å². The van der Waals surface area contributed by atoms with Crippen LogP contribution >= 0.6 is 0 Å². The summed E-state index contributed by atoms with van der Waals surface area (Å²) in [6.07, 6.45) is 6.56. The molecule has 86 valence electrons. The molecule has 0 N–H and O–H groups in total. The standard InChI is InChI=1S/C13H13N3O/c1-16-12-4-3-11(7-10(12)8-15-16)13(14-9-17)5-2-6-13/h3-4,7-8H,2,5-6H2,1H3. The number of aryl methyl sites for hydroxylation is 1. The Morgan fingerprint density at radius 3 is 2.94 bits per heavy atom. The molecule has 1 aliphatic carbocycles. The maximum Gasteiger partial charge on any atom is 0.235 e. The molecule has 3 rings (SSSR count). The van der Waals surface area contributed by atoms with Crippen LogP contribution in [-0.4, -0.2) is 15.9 Å². The first kappa shape index (κ1) is 10.2. The van der Waals surface area contributed by atoms with Gasteiger partial charge < -0.3 is 0 Å². The van der Waals surface area contributed by atoms with Crippen molar-refractivity contribution in [1.82, 2.24) is 9.78 Å². The molecule has 1 aromatic carbocycles. The van der Waals surface area contributed by atoms with Crippen molar-refractivity contribution in [3.63, 3.8) is 0 Å². The fourth-order valence-electron chi connectivity index (χ4n) is 2.52. The van der Waals surface area contributed by atoms with Crippen molar-refractivity contribution < 1.29 is 4.79 Å². The summed E-state index contributed by atoms with van der Waals surface area (Å²) in [5.74, 6) is 0. The summed E-state index contributed by atoms with van der Waals surface area (Å²) >= 11 is 0. The van der Waals surface area contributed by atoms with E-state index in [9.17, 15) is 4.79 Å². The van der Waals surface area contributed by atoms with Crippen molar-refractivity contribution in [2.75, 3.05) is 0 Å². The molecule has 0 aliphatic heterocycles. The third kappa shape index (κ3) is 1.41. The molecule has 17 heavy (non-hydrogen) atoms. The maximum atomic E-state index is 10.5. The van der Waals surface area contributed by atoms with Crippen LogP contribution in [-0.2, 0) is 17.4 Å². The van der Waals surface area contributed by atoms with Gasteiger partial charge >= 0.3 is 0 Å². The zero-order chi connectivity index (χ0) is 11.9. The lowest BCUT2D eigenvalue weighted by molar-refractivity contribution is 0.256. The number of aromatic nitrogens is 2. The van der Waals surface area contributed by atoms with Crippen LogP contribution in [0.2, 0.25) is 0 Å². The normalized spacial score (nSPS) is 17.5. The minimum atomic E-state index is -0.314. The Balaban J connectivity index is 2.14. The minimum Gasteiger partial charge on any atom is -0.268 e. The second-order valence-corrected chi connectivity index (χ2v) is 4.63. The number of hydrogen-bond donors (Lipinski definition) is 0. The van der Waals surface area contributed by atoms with Gasteiger partial charge in [0.1, 0.15) is 0 Å². The van der Waals surface area contributed by atoms with Gasteiger partial charge in [0.05, 0.1) is 17.3 Å². The molecule has 0 amide bonds. The number of nitrogens with zero attached hydrogens (tertiary/aromatic N) is 3. The van der Waals surface area contributed by atoms with Crippen LogP contribution in [0.15, 0.2) is 29.4 Å². The number of hydrogen-bond acceptors (Lipinski definition) is 3. The van der Waals surface area contributed by atoms with Gasteiger partial charge in [-0.25, -0.2) is 4.79 Å². The summed E-state index contributed by atoms with van der Waals surface area (Å²) in [6.45, 7) is 0. The van der Waals surface area contributed by atoms with Gasteiger partial charge in [-0.3, -0.25) is 4.68 Å². The number of benzene rings is 1. The first-order valence-corrected chi connectivity index (χ1v) is 5.76. The molecule has 0 saturated heterocycles. The Hall–Kier alpha value is -1.93. The second kappa shape index (κ2) is 3.54. The summed E-state index contributed by atoms with van der Waals surface area (Å²) in [4.78, 5) is 14.6. The summed E-state index contributed by atoms with van der Waals surface area (Å²) in [5.41, 5.74) is 1.89. The summed E-state index contributed by atoms with van der Waals surface area (Å²) in [6, 6.07) is 6.17. The van der Waals surface area contributed by atoms with Gasteiger partial charge in [-0.15, -0.1) is 0 Å². The molecule has 1 saturated carbocycles. The fraction of sp³-hybridized carbons (Fsp3) is 0.385. The minimum absolute atomic E-state index is 0.314. The van der Waals surface area contributed by atoms with E-state index >= 15 is 0 Å². The number of isocyanates is 1. The molecule has 1 aliphatic rings. The lowest BCUT2D eigenvalue weighted by Gasteiger charge is -2.37. The SMILES string of the molecule is Cn1ncc2cc(C3(N=C=O)CCC3)ccc21. The predicted octanol–water partition coefficient (Wildman–Crippen LogP) is 2.29. The molecule has 0 atom stereocenters. The molecule has 4 heteroatoms. The summed E-state index contributed by atoms with van der Waals surface area (Å²) in [7, 11) is 1.92. The van der Waals surface area contributed by atoms with E-state index in [2.05, 4.69) is 16.2 Å². The van der Waals surface area contributed by atoms with Crippen LogP contribution in [0.5, 0.6) is 0 Å². The molecule has 0 spiro atoms. The van der Waals surface area contributed by atoms with Crippen LogP contribution < -0.4 is 0 Å². The van der Waals surface area contributed by atoms with Crippen LogP contribution in [0.25, 0.3) is 10.9 Å². The molecular weight excluding hydrogens is 214 g/mol. The Kier molecular flexibility index (Phi) is 2.13. The van der Waals surface area contributed by atoms with Gasteiger partial charge in [-0.2, -0.15) is 10.1 Å². The van der Waals surface area contributed by atoms with Gasteiger partial charge in [0.2, 0.25) is 6.08 Å². The molecule has 4 nitrogen and oxygen atoms in total. The fourth-order valence-corrected chi connectivity index (χ4v) is 2.52. The van der Waals surface area contributed by atoms with Crippen LogP contribution in [0.4, 0.5) is 0 Å². The lowest BCUT2D eigenvalue weighted by Crippen LogP contribution is -2.31. The number of fused-ring (bicyclic) bond motifs is 1. The molecular formula is C13H13N3O. The highest BCUT2D eigenvalue weighted by Crippen LogP contribution is 2.45. The molecule has 1 aromatic heterocycles. The largest absolute Gasteiger partial charge is 0.268 e. The highest BCUT2D eigenvalue weighted by atomic mass is 16.1. The molecule has 0 unspecified atom stereocenters. The monoisotopic (exact) mass is 227 g/mol. The third-order valence-electron chi connectivity index (χ3n) is 3.72. The Bertz CT molecular complexity index is 619. The Morgan fingerprint density at radius 2 is 2.29 bits per heavy atom. The molecule has 1 heterocycles. The van der Waals surface area contributed by atoms with E-state index in [4.69, 9.17) is 0 Å². The molecule has 2 aromatic rings. The second-order valence-electron chi connectivity index (χ2n) is 4.63. The maximum absolute atomic E-state index is 10.5. The lowest BCUT2D eigenvalue weighted by atomic mass is 9.72. The van der Waals surface area contributed by atoms with Gasteiger partial charge in [-0.1, -0.05) is 6.07 Å². The van der Waals surface area contributed by atoms with Gasteiger partial charge in [0, 0.05) is 12.4 Å². The zero-order valence-electron chi connectivity index (χ0n) is 9.68. The Morgan fingerprint density at radius 1 is 1.47 bits per heavy atom. The van der Waals surface area contributed by atoms with Gasteiger partial charge in [-0.05, 0) is 37.0 Å². The third-order valence-corrected chi connectivity index (χ3v) is 3.72. The van der Waals surface area contributed by atoms with Crippen molar-refractivity contribution >= 4 is 17.0 Å². The van der Waals surface area contributed by atoms with E-state index in [0.717, 1.165) is 35.7 Å². The Labute approximate surface area is 99.0 Å².